The zero-order valence-electron chi connectivity index (χ0n) is 17.1. The highest BCUT2D eigenvalue weighted by Gasteiger charge is 2.17. The first kappa shape index (κ1) is 20.1. The van der Waals surface area contributed by atoms with Crippen molar-refractivity contribution in [2.75, 3.05) is 44.2 Å². The first-order chi connectivity index (χ1) is 14.6. The molecule has 30 heavy (non-hydrogen) atoms. The molecule has 6 nitrogen and oxygen atoms in total. The SMILES string of the molecule is Cc1ccc(-c2cc(C(=O)NCCN3CCN(c4ccc(F)cc4)CC3)[nH]n2)cc1. The van der Waals surface area contributed by atoms with E-state index >= 15 is 0 Å². The Labute approximate surface area is 175 Å². The molecule has 0 atom stereocenters. The number of halogens is 1. The van der Waals surface area contributed by atoms with Gasteiger partial charge in [-0.2, -0.15) is 5.10 Å². The number of rotatable bonds is 6. The number of nitrogens with zero attached hydrogens (tertiary/aromatic N) is 3. The molecule has 156 valence electrons. The van der Waals surface area contributed by atoms with Crippen molar-refractivity contribution in [1.29, 1.82) is 0 Å². The number of nitrogens with one attached hydrogen (secondary N) is 2. The highest BCUT2D eigenvalue weighted by atomic mass is 19.1. The number of aryl methyl sites for hydroxylation is 1. The average molecular weight is 407 g/mol. The Hall–Kier alpha value is -3.19. The van der Waals surface area contributed by atoms with Crippen LogP contribution in [-0.2, 0) is 0 Å². The lowest BCUT2D eigenvalue weighted by molar-refractivity contribution is 0.0942. The van der Waals surface area contributed by atoms with E-state index in [1.807, 2.05) is 43.3 Å². The first-order valence-corrected chi connectivity index (χ1v) is 10.2. The van der Waals surface area contributed by atoms with Crippen LogP contribution in [0.25, 0.3) is 11.3 Å². The summed E-state index contributed by atoms with van der Waals surface area (Å²) in [6.45, 7) is 7.01. The molecule has 0 unspecified atom stereocenters. The van der Waals surface area contributed by atoms with Crippen molar-refractivity contribution in [3.05, 3.63) is 71.7 Å². The van der Waals surface area contributed by atoms with Gasteiger partial charge in [0.15, 0.2) is 0 Å². The molecule has 0 saturated carbocycles. The average Bonchev–Trinajstić information content (AvgIpc) is 3.26. The van der Waals surface area contributed by atoms with Crippen LogP contribution < -0.4 is 10.2 Å². The Balaban J connectivity index is 1.22. The molecule has 3 aromatic rings. The predicted octanol–water partition coefficient (Wildman–Crippen LogP) is 3.08. The molecule has 1 saturated heterocycles. The van der Waals surface area contributed by atoms with Gasteiger partial charge in [-0.15, -0.1) is 0 Å². The maximum absolute atomic E-state index is 13.1. The van der Waals surface area contributed by atoms with E-state index in [1.165, 1.54) is 17.7 Å². The Morgan fingerprint density at radius 1 is 1.07 bits per heavy atom. The normalized spacial score (nSPS) is 14.7. The molecule has 1 aromatic heterocycles. The van der Waals surface area contributed by atoms with Gasteiger partial charge in [-0.3, -0.25) is 14.8 Å². The molecule has 1 fully saturated rings. The Morgan fingerprint density at radius 2 is 1.77 bits per heavy atom. The minimum atomic E-state index is -0.212. The van der Waals surface area contributed by atoms with E-state index < -0.39 is 0 Å². The molecular formula is C23H26FN5O. The number of benzene rings is 2. The maximum Gasteiger partial charge on any atom is 0.269 e. The molecule has 0 radical (unpaired) electrons. The molecule has 4 rings (SSSR count). The molecule has 1 aliphatic heterocycles. The minimum absolute atomic E-state index is 0.147. The number of carbonyl (C=O) groups excluding carboxylic acids is 1. The van der Waals surface area contributed by atoms with Crippen LogP contribution in [0.3, 0.4) is 0 Å². The lowest BCUT2D eigenvalue weighted by Gasteiger charge is -2.36. The summed E-state index contributed by atoms with van der Waals surface area (Å²) < 4.78 is 13.1. The van der Waals surface area contributed by atoms with Crippen molar-refractivity contribution in [3.8, 4) is 11.3 Å². The smallest absolute Gasteiger partial charge is 0.269 e. The monoisotopic (exact) mass is 407 g/mol. The first-order valence-electron chi connectivity index (χ1n) is 10.2. The summed E-state index contributed by atoms with van der Waals surface area (Å²) in [5, 5.41) is 10.0. The van der Waals surface area contributed by atoms with Crippen LogP contribution in [0.5, 0.6) is 0 Å². The van der Waals surface area contributed by atoms with Crippen molar-refractivity contribution in [2.24, 2.45) is 0 Å². The van der Waals surface area contributed by atoms with E-state index in [1.54, 1.807) is 6.07 Å². The van der Waals surface area contributed by atoms with Gasteiger partial charge in [0.1, 0.15) is 11.5 Å². The number of H-pyrrole nitrogens is 1. The largest absolute Gasteiger partial charge is 0.369 e. The molecule has 7 heteroatoms. The van der Waals surface area contributed by atoms with Crippen LogP contribution in [-0.4, -0.2) is 60.3 Å². The van der Waals surface area contributed by atoms with Crippen LogP contribution in [0.4, 0.5) is 10.1 Å². The topological polar surface area (TPSA) is 64.3 Å². The van der Waals surface area contributed by atoms with E-state index in [4.69, 9.17) is 0 Å². The highest BCUT2D eigenvalue weighted by Crippen LogP contribution is 2.18. The van der Waals surface area contributed by atoms with Crippen molar-refractivity contribution in [3.63, 3.8) is 0 Å². The number of amides is 1. The summed E-state index contributed by atoms with van der Waals surface area (Å²) in [5.74, 6) is -0.359. The van der Waals surface area contributed by atoms with E-state index in [9.17, 15) is 9.18 Å². The van der Waals surface area contributed by atoms with Crippen molar-refractivity contribution in [1.82, 2.24) is 20.4 Å². The third-order valence-corrected chi connectivity index (χ3v) is 5.45. The number of piperazine rings is 1. The molecule has 0 spiro atoms. The molecular weight excluding hydrogens is 381 g/mol. The zero-order valence-corrected chi connectivity index (χ0v) is 17.1. The van der Waals surface area contributed by atoms with Crippen molar-refractivity contribution in [2.45, 2.75) is 6.92 Å². The number of aromatic nitrogens is 2. The van der Waals surface area contributed by atoms with Crippen LogP contribution in [0, 0.1) is 12.7 Å². The summed E-state index contributed by atoms with van der Waals surface area (Å²) in [5.41, 5.74) is 4.44. The third-order valence-electron chi connectivity index (χ3n) is 5.45. The van der Waals surface area contributed by atoms with Gasteiger partial charge in [-0.1, -0.05) is 29.8 Å². The zero-order chi connectivity index (χ0) is 20.9. The molecule has 0 aliphatic carbocycles. The van der Waals surface area contributed by atoms with Crippen LogP contribution >= 0.6 is 0 Å². The van der Waals surface area contributed by atoms with Gasteiger partial charge >= 0.3 is 0 Å². The van der Waals surface area contributed by atoms with E-state index in [0.717, 1.165) is 49.7 Å². The fourth-order valence-electron chi connectivity index (χ4n) is 3.61. The summed E-state index contributed by atoms with van der Waals surface area (Å²) in [7, 11) is 0. The van der Waals surface area contributed by atoms with Gasteiger partial charge < -0.3 is 10.2 Å². The second-order valence-electron chi connectivity index (χ2n) is 7.59. The minimum Gasteiger partial charge on any atom is -0.369 e. The standard InChI is InChI=1S/C23H26FN5O/c1-17-2-4-18(5-3-17)21-16-22(27-26-21)23(30)25-10-11-28-12-14-29(15-13-28)20-8-6-19(24)7-9-20/h2-9,16H,10-15H2,1H3,(H,25,30)(H,26,27). The van der Waals surface area contributed by atoms with Gasteiger partial charge in [-0.25, -0.2) is 4.39 Å². The quantitative estimate of drug-likeness (QED) is 0.659. The number of hydrogen-bond donors (Lipinski definition) is 2. The van der Waals surface area contributed by atoms with Gasteiger partial charge in [0.25, 0.3) is 5.91 Å². The number of aromatic amines is 1. The third kappa shape index (κ3) is 4.86. The molecule has 2 aromatic carbocycles. The Kier molecular flexibility index (Phi) is 6.09. The lowest BCUT2D eigenvalue weighted by Crippen LogP contribution is -2.48. The van der Waals surface area contributed by atoms with E-state index in [-0.39, 0.29) is 11.7 Å². The van der Waals surface area contributed by atoms with Crippen LogP contribution in [0.15, 0.2) is 54.6 Å². The van der Waals surface area contributed by atoms with Gasteiger partial charge in [0.2, 0.25) is 0 Å². The van der Waals surface area contributed by atoms with E-state index in [2.05, 4.69) is 25.3 Å². The van der Waals surface area contributed by atoms with E-state index in [0.29, 0.717) is 12.2 Å². The van der Waals surface area contributed by atoms with Gasteiger partial charge in [0, 0.05) is 50.5 Å². The molecule has 0 bridgehead atoms. The molecule has 2 N–H and O–H groups in total. The Morgan fingerprint density at radius 3 is 2.47 bits per heavy atom. The van der Waals surface area contributed by atoms with Crippen LogP contribution in [0.1, 0.15) is 16.1 Å². The van der Waals surface area contributed by atoms with Crippen molar-refractivity contribution < 1.29 is 9.18 Å². The maximum atomic E-state index is 13.1. The summed E-state index contributed by atoms with van der Waals surface area (Å²) >= 11 is 0. The molecule has 2 heterocycles. The second-order valence-corrected chi connectivity index (χ2v) is 7.59. The Bertz CT molecular complexity index is 976. The van der Waals surface area contributed by atoms with Crippen molar-refractivity contribution >= 4 is 11.6 Å². The lowest BCUT2D eigenvalue weighted by atomic mass is 10.1. The number of carbonyl (C=O) groups is 1. The fraction of sp³-hybridized carbons (Fsp3) is 0.304. The van der Waals surface area contributed by atoms with Crippen LogP contribution in [0.2, 0.25) is 0 Å². The second kappa shape index (κ2) is 9.09. The van der Waals surface area contributed by atoms with Gasteiger partial charge in [-0.05, 0) is 37.3 Å². The number of hydrogen-bond acceptors (Lipinski definition) is 4. The number of anilines is 1. The molecule has 1 aliphatic rings. The predicted molar refractivity (Wildman–Crippen MR) is 116 cm³/mol. The summed E-state index contributed by atoms with van der Waals surface area (Å²) in [6.07, 6.45) is 0. The summed E-state index contributed by atoms with van der Waals surface area (Å²) in [6, 6.07) is 16.5. The fourth-order valence-corrected chi connectivity index (χ4v) is 3.61. The molecule has 1 amide bonds. The van der Waals surface area contributed by atoms with Gasteiger partial charge in [0.05, 0.1) is 5.69 Å². The highest BCUT2D eigenvalue weighted by molar-refractivity contribution is 5.93. The summed E-state index contributed by atoms with van der Waals surface area (Å²) in [4.78, 5) is 17.0.